The number of halogens is 3. The van der Waals surface area contributed by atoms with Crippen molar-refractivity contribution in [2.24, 2.45) is 4.99 Å². The number of anilines is 1. The number of carbonyl (C=O) groups is 2. The maximum Gasteiger partial charge on any atom is 0.573 e. The first-order valence-corrected chi connectivity index (χ1v) is 10.9. The van der Waals surface area contributed by atoms with Gasteiger partial charge in [-0.2, -0.15) is 0 Å². The number of hydrogen-bond donors (Lipinski definition) is 1. The summed E-state index contributed by atoms with van der Waals surface area (Å²) in [5.41, 5.74) is 0.146. The molecule has 0 bridgehead atoms. The summed E-state index contributed by atoms with van der Waals surface area (Å²) in [7, 11) is 1.50. The summed E-state index contributed by atoms with van der Waals surface area (Å²) in [6, 6.07) is 12.0. The van der Waals surface area contributed by atoms with E-state index in [1.165, 1.54) is 24.1 Å². The van der Waals surface area contributed by atoms with Crippen LogP contribution in [-0.2, 0) is 9.59 Å². The van der Waals surface area contributed by atoms with Gasteiger partial charge in [0.05, 0.1) is 12.8 Å². The number of aliphatic imine (C=N–C) groups is 1. The van der Waals surface area contributed by atoms with Gasteiger partial charge >= 0.3 is 6.36 Å². The highest BCUT2D eigenvalue weighted by Crippen LogP contribution is 2.40. The predicted molar refractivity (Wildman–Crippen MR) is 119 cm³/mol. The van der Waals surface area contributed by atoms with Crippen LogP contribution in [0.15, 0.2) is 53.5 Å². The third kappa shape index (κ3) is 5.00. The smallest absolute Gasteiger partial charge is 0.495 e. The molecule has 2 amide bonds. The highest BCUT2D eigenvalue weighted by molar-refractivity contribution is 6.47. The Labute approximate surface area is 194 Å². The molecule has 10 heteroatoms. The minimum atomic E-state index is -4.81. The number of nitrogens with zero attached hydrogens (tertiary/aromatic N) is 2. The largest absolute Gasteiger partial charge is 0.573 e. The van der Waals surface area contributed by atoms with E-state index in [0.29, 0.717) is 29.8 Å². The number of rotatable bonds is 6. The number of ether oxygens (including phenoxy) is 2. The molecular weight excluding hydrogens is 451 g/mol. The molecule has 180 valence electrons. The van der Waals surface area contributed by atoms with Crippen molar-refractivity contribution in [1.82, 2.24) is 4.90 Å². The van der Waals surface area contributed by atoms with E-state index in [9.17, 15) is 22.8 Å². The van der Waals surface area contributed by atoms with Crippen molar-refractivity contribution in [2.45, 2.75) is 44.1 Å². The molecule has 1 heterocycles. The van der Waals surface area contributed by atoms with E-state index in [1.54, 1.807) is 24.3 Å². The Morgan fingerprint density at radius 2 is 1.76 bits per heavy atom. The number of alkyl halides is 3. The molecule has 1 spiro atoms. The second-order valence-electron chi connectivity index (χ2n) is 8.22. The molecule has 34 heavy (non-hydrogen) atoms. The number of methoxy groups -OCH3 is 1. The van der Waals surface area contributed by atoms with Gasteiger partial charge in [-0.1, -0.05) is 18.6 Å². The average Bonchev–Trinajstić information content (AvgIpc) is 3.05. The van der Waals surface area contributed by atoms with Crippen LogP contribution in [0.3, 0.4) is 0 Å². The summed E-state index contributed by atoms with van der Waals surface area (Å²) < 4.78 is 46.6. The van der Waals surface area contributed by atoms with Gasteiger partial charge in [-0.25, -0.2) is 0 Å². The number of amides is 2. The molecular formula is C24H24F3N3O4. The zero-order chi connectivity index (χ0) is 24.3. The van der Waals surface area contributed by atoms with Gasteiger partial charge in [-0.15, -0.1) is 13.2 Å². The van der Waals surface area contributed by atoms with Crippen LogP contribution in [0.2, 0.25) is 0 Å². The summed E-state index contributed by atoms with van der Waals surface area (Å²) in [4.78, 5) is 32.5. The van der Waals surface area contributed by atoms with E-state index in [1.807, 2.05) is 0 Å². The van der Waals surface area contributed by atoms with Gasteiger partial charge in [0.15, 0.2) is 0 Å². The van der Waals surface area contributed by atoms with Gasteiger partial charge in [0.25, 0.3) is 5.91 Å². The van der Waals surface area contributed by atoms with Crippen molar-refractivity contribution >= 4 is 23.2 Å². The molecule has 1 saturated carbocycles. The van der Waals surface area contributed by atoms with Gasteiger partial charge < -0.3 is 19.7 Å². The maximum absolute atomic E-state index is 13.4. The fourth-order valence-corrected chi connectivity index (χ4v) is 4.44. The van der Waals surface area contributed by atoms with Gasteiger partial charge in [0, 0.05) is 5.56 Å². The molecule has 0 aromatic heterocycles. The fourth-order valence-electron chi connectivity index (χ4n) is 4.44. The van der Waals surface area contributed by atoms with Gasteiger partial charge in [-0.05, 0) is 62.1 Å². The molecule has 0 unspecified atom stereocenters. The minimum Gasteiger partial charge on any atom is -0.495 e. The molecule has 2 aromatic carbocycles. The highest BCUT2D eigenvalue weighted by Gasteiger charge is 2.48. The molecule has 1 aliphatic heterocycles. The Morgan fingerprint density at radius 3 is 2.41 bits per heavy atom. The summed E-state index contributed by atoms with van der Waals surface area (Å²) >= 11 is 0. The molecule has 0 saturated heterocycles. The lowest BCUT2D eigenvalue weighted by Crippen LogP contribution is -2.51. The fraction of sp³-hybridized carbons (Fsp3) is 0.375. The van der Waals surface area contributed by atoms with Crippen molar-refractivity contribution in [3.8, 4) is 11.5 Å². The molecule has 1 aliphatic carbocycles. The lowest BCUT2D eigenvalue weighted by Gasteiger charge is -2.38. The molecule has 7 nitrogen and oxygen atoms in total. The zero-order valence-corrected chi connectivity index (χ0v) is 18.5. The molecule has 1 fully saturated rings. The number of nitrogens with one attached hydrogen (secondary N) is 1. The minimum absolute atomic E-state index is 0.130. The van der Waals surface area contributed by atoms with Crippen LogP contribution in [0.4, 0.5) is 18.9 Å². The average molecular weight is 475 g/mol. The van der Waals surface area contributed by atoms with E-state index in [2.05, 4.69) is 10.1 Å². The summed E-state index contributed by atoms with van der Waals surface area (Å²) in [5.74, 6) is -0.716. The van der Waals surface area contributed by atoms with Crippen molar-refractivity contribution < 1.29 is 32.2 Å². The van der Waals surface area contributed by atoms with Crippen LogP contribution in [0.1, 0.15) is 37.7 Å². The quantitative estimate of drug-likeness (QED) is 0.666. The molecule has 2 aromatic rings. The summed E-state index contributed by atoms with van der Waals surface area (Å²) in [6.45, 7) is -0.209. The third-order valence-corrected chi connectivity index (χ3v) is 5.97. The van der Waals surface area contributed by atoms with Crippen molar-refractivity contribution in [3.63, 3.8) is 0 Å². The lowest BCUT2D eigenvalue weighted by atomic mass is 9.88. The summed E-state index contributed by atoms with van der Waals surface area (Å²) in [6.07, 6.45) is -0.871. The van der Waals surface area contributed by atoms with E-state index in [4.69, 9.17) is 9.73 Å². The first kappa shape index (κ1) is 23.6. The van der Waals surface area contributed by atoms with Gasteiger partial charge in [-0.3, -0.25) is 14.6 Å². The van der Waals surface area contributed by atoms with E-state index in [-0.39, 0.29) is 18.0 Å². The lowest BCUT2D eigenvalue weighted by molar-refractivity contribution is -0.274. The third-order valence-electron chi connectivity index (χ3n) is 5.97. The molecule has 4 rings (SSSR count). The number of hydrogen-bond acceptors (Lipinski definition) is 5. The van der Waals surface area contributed by atoms with Gasteiger partial charge in [0.2, 0.25) is 5.91 Å². The first-order valence-electron chi connectivity index (χ1n) is 10.9. The monoisotopic (exact) mass is 475 g/mol. The topological polar surface area (TPSA) is 80.2 Å². The van der Waals surface area contributed by atoms with Crippen LogP contribution >= 0.6 is 0 Å². The van der Waals surface area contributed by atoms with Crippen molar-refractivity contribution in [3.05, 3.63) is 54.1 Å². The Kier molecular flexibility index (Phi) is 6.49. The maximum atomic E-state index is 13.4. The second kappa shape index (κ2) is 9.36. The Morgan fingerprint density at radius 1 is 1.09 bits per heavy atom. The number of para-hydroxylation sites is 2. The molecule has 0 atom stereocenters. The van der Waals surface area contributed by atoms with Gasteiger partial charge in [0.1, 0.15) is 29.4 Å². The highest BCUT2D eigenvalue weighted by atomic mass is 19.4. The first-order chi connectivity index (χ1) is 16.2. The Bertz CT molecular complexity index is 1090. The van der Waals surface area contributed by atoms with Crippen LogP contribution < -0.4 is 14.8 Å². The van der Waals surface area contributed by atoms with Crippen LogP contribution in [-0.4, -0.2) is 48.1 Å². The van der Waals surface area contributed by atoms with E-state index < -0.39 is 23.8 Å². The van der Waals surface area contributed by atoms with E-state index >= 15 is 0 Å². The SMILES string of the molecule is COc1ccccc1NC(=O)CN1C(=O)C(c2ccc(OC(F)(F)F)cc2)=NC12CCCCC2. The standard InChI is InChI=1S/C24H24F3N3O4/c1-33-19-8-4-3-7-18(19)28-20(31)15-30-22(32)21(29-23(30)13-5-2-6-14-23)16-9-11-17(12-10-16)34-24(25,26)27/h3-4,7-12H,2,5-6,13-15H2,1H3,(H,28,31). The molecule has 2 aliphatic rings. The van der Waals surface area contributed by atoms with E-state index in [0.717, 1.165) is 31.4 Å². The Balaban J connectivity index is 1.56. The van der Waals surface area contributed by atoms with Crippen molar-refractivity contribution in [2.75, 3.05) is 19.0 Å². The normalized spacial score (nSPS) is 17.5. The predicted octanol–water partition coefficient (Wildman–Crippen LogP) is 4.52. The van der Waals surface area contributed by atoms with Crippen LogP contribution in [0, 0.1) is 0 Å². The zero-order valence-electron chi connectivity index (χ0n) is 18.5. The Hall–Kier alpha value is -3.56. The molecule has 1 N–H and O–H groups in total. The van der Waals surface area contributed by atoms with Crippen LogP contribution in [0.25, 0.3) is 0 Å². The second-order valence-corrected chi connectivity index (χ2v) is 8.22. The van der Waals surface area contributed by atoms with Crippen LogP contribution in [0.5, 0.6) is 11.5 Å². The molecule has 0 radical (unpaired) electrons. The summed E-state index contributed by atoms with van der Waals surface area (Å²) in [5, 5.41) is 2.78. The number of carbonyl (C=O) groups excluding carboxylic acids is 2. The van der Waals surface area contributed by atoms with Crippen molar-refractivity contribution in [1.29, 1.82) is 0 Å². The number of benzene rings is 2.